The van der Waals surface area contributed by atoms with Crippen molar-refractivity contribution in [3.63, 3.8) is 0 Å². The molecule has 0 aliphatic heterocycles. The standard InChI is InChI=1S/C25H22N4O2S2/c1-17-15-32-25-26-19(14-22(30)29(17)25)16-33-24-27-21-12-6-5-11-20(21)23(31)28(24)13-7-10-18-8-3-2-4-9-18/h2-6,8-9,11-12,14-15H,7,10,13,16H2,1H3. The molecule has 3 heterocycles. The molecule has 0 saturated carbocycles. The molecule has 5 rings (SSSR count). The number of hydrogen-bond donors (Lipinski definition) is 0. The predicted octanol–water partition coefficient (Wildman–Crippen LogP) is 4.70. The van der Waals surface area contributed by atoms with Gasteiger partial charge in [0.25, 0.3) is 11.1 Å². The normalized spacial score (nSPS) is 11.4. The van der Waals surface area contributed by atoms with Gasteiger partial charge in [-0.1, -0.05) is 54.2 Å². The maximum absolute atomic E-state index is 13.3. The Morgan fingerprint density at radius 2 is 1.79 bits per heavy atom. The minimum Gasteiger partial charge on any atom is -0.287 e. The fraction of sp³-hybridized carbons (Fsp3) is 0.200. The number of para-hydroxylation sites is 1. The van der Waals surface area contributed by atoms with Gasteiger partial charge in [0.2, 0.25) is 0 Å². The lowest BCUT2D eigenvalue weighted by molar-refractivity contribution is 0.564. The summed E-state index contributed by atoms with van der Waals surface area (Å²) < 4.78 is 3.38. The summed E-state index contributed by atoms with van der Waals surface area (Å²) in [6, 6.07) is 19.3. The number of rotatable bonds is 7. The number of benzene rings is 2. The van der Waals surface area contributed by atoms with Crippen molar-refractivity contribution < 1.29 is 0 Å². The van der Waals surface area contributed by atoms with Crippen LogP contribution in [0.25, 0.3) is 15.9 Å². The Kier molecular flexibility index (Phi) is 6.11. The van der Waals surface area contributed by atoms with Crippen LogP contribution >= 0.6 is 23.1 Å². The maximum atomic E-state index is 13.3. The van der Waals surface area contributed by atoms with E-state index in [2.05, 4.69) is 17.1 Å². The first-order valence-corrected chi connectivity index (χ1v) is 12.6. The van der Waals surface area contributed by atoms with Crippen LogP contribution in [0.3, 0.4) is 0 Å². The monoisotopic (exact) mass is 474 g/mol. The van der Waals surface area contributed by atoms with Crippen LogP contribution in [0, 0.1) is 6.92 Å². The van der Waals surface area contributed by atoms with E-state index in [1.54, 1.807) is 15.0 Å². The van der Waals surface area contributed by atoms with Gasteiger partial charge in [-0.05, 0) is 37.5 Å². The van der Waals surface area contributed by atoms with E-state index in [9.17, 15) is 9.59 Å². The van der Waals surface area contributed by atoms with Crippen molar-refractivity contribution >= 4 is 39.0 Å². The molecular formula is C25H22N4O2S2. The molecule has 0 aliphatic rings. The molecule has 0 saturated heterocycles. The fourth-order valence-corrected chi connectivity index (χ4v) is 5.66. The van der Waals surface area contributed by atoms with Gasteiger partial charge in [-0.2, -0.15) is 0 Å². The van der Waals surface area contributed by atoms with E-state index in [1.807, 2.05) is 54.8 Å². The van der Waals surface area contributed by atoms with Gasteiger partial charge >= 0.3 is 0 Å². The number of thioether (sulfide) groups is 1. The molecule has 33 heavy (non-hydrogen) atoms. The molecule has 0 N–H and O–H groups in total. The first-order chi connectivity index (χ1) is 16.1. The number of nitrogens with zero attached hydrogens (tertiary/aromatic N) is 4. The van der Waals surface area contributed by atoms with Crippen LogP contribution in [0.4, 0.5) is 0 Å². The van der Waals surface area contributed by atoms with E-state index in [-0.39, 0.29) is 11.1 Å². The number of thiazole rings is 1. The summed E-state index contributed by atoms with van der Waals surface area (Å²) in [6.07, 6.45) is 1.72. The molecule has 0 radical (unpaired) electrons. The highest BCUT2D eigenvalue weighted by Crippen LogP contribution is 2.22. The van der Waals surface area contributed by atoms with E-state index >= 15 is 0 Å². The first kappa shape index (κ1) is 21.6. The third kappa shape index (κ3) is 4.49. The highest BCUT2D eigenvalue weighted by molar-refractivity contribution is 7.98. The smallest absolute Gasteiger partial charge is 0.262 e. The second-order valence-corrected chi connectivity index (χ2v) is 9.61. The molecule has 5 aromatic rings. The number of fused-ring (bicyclic) bond motifs is 2. The van der Waals surface area contributed by atoms with Gasteiger partial charge in [0.05, 0.1) is 16.6 Å². The van der Waals surface area contributed by atoms with Crippen LogP contribution in [0.2, 0.25) is 0 Å². The zero-order valence-electron chi connectivity index (χ0n) is 18.1. The summed E-state index contributed by atoms with van der Waals surface area (Å²) in [5, 5.41) is 3.19. The molecule has 0 bridgehead atoms. The number of aromatic nitrogens is 4. The van der Waals surface area contributed by atoms with Crippen molar-refractivity contribution in [2.75, 3.05) is 0 Å². The Morgan fingerprint density at radius 1 is 1.00 bits per heavy atom. The van der Waals surface area contributed by atoms with Crippen molar-refractivity contribution in [1.82, 2.24) is 18.9 Å². The van der Waals surface area contributed by atoms with Gasteiger partial charge in [-0.25, -0.2) is 9.97 Å². The van der Waals surface area contributed by atoms with E-state index in [0.29, 0.717) is 39.0 Å². The Bertz CT molecular complexity index is 1550. The van der Waals surface area contributed by atoms with Crippen LogP contribution in [-0.2, 0) is 18.7 Å². The molecule has 0 aliphatic carbocycles. The number of aryl methyl sites for hydroxylation is 2. The van der Waals surface area contributed by atoms with Crippen molar-refractivity contribution in [3.05, 3.63) is 104 Å². The second-order valence-electron chi connectivity index (χ2n) is 7.83. The molecule has 2 aromatic carbocycles. The summed E-state index contributed by atoms with van der Waals surface area (Å²) >= 11 is 2.90. The zero-order valence-corrected chi connectivity index (χ0v) is 19.7. The van der Waals surface area contributed by atoms with Gasteiger partial charge in [0, 0.05) is 29.4 Å². The molecule has 3 aromatic heterocycles. The molecular weight excluding hydrogens is 452 g/mol. The van der Waals surface area contributed by atoms with Crippen molar-refractivity contribution in [3.8, 4) is 0 Å². The van der Waals surface area contributed by atoms with Crippen LogP contribution in [0.5, 0.6) is 0 Å². The Labute approximate surface area is 198 Å². The molecule has 0 atom stereocenters. The van der Waals surface area contributed by atoms with Gasteiger partial charge < -0.3 is 0 Å². The van der Waals surface area contributed by atoms with Crippen LogP contribution in [-0.4, -0.2) is 18.9 Å². The van der Waals surface area contributed by atoms with Crippen molar-refractivity contribution in [1.29, 1.82) is 0 Å². The van der Waals surface area contributed by atoms with E-state index in [1.165, 1.54) is 28.7 Å². The zero-order chi connectivity index (χ0) is 22.8. The predicted molar refractivity (Wildman–Crippen MR) is 134 cm³/mol. The summed E-state index contributed by atoms with van der Waals surface area (Å²) in [5.74, 6) is 0.464. The van der Waals surface area contributed by atoms with E-state index in [0.717, 1.165) is 18.5 Å². The molecule has 0 amide bonds. The van der Waals surface area contributed by atoms with Crippen molar-refractivity contribution in [2.24, 2.45) is 0 Å². The van der Waals surface area contributed by atoms with Crippen LogP contribution in [0.1, 0.15) is 23.4 Å². The molecule has 8 heteroatoms. The van der Waals surface area contributed by atoms with Gasteiger partial charge in [-0.3, -0.25) is 18.6 Å². The topological polar surface area (TPSA) is 69.3 Å². The lowest BCUT2D eigenvalue weighted by Gasteiger charge is -2.13. The first-order valence-electron chi connectivity index (χ1n) is 10.7. The average molecular weight is 475 g/mol. The van der Waals surface area contributed by atoms with Gasteiger partial charge in [0.1, 0.15) is 0 Å². The lowest BCUT2D eigenvalue weighted by Crippen LogP contribution is -2.24. The summed E-state index contributed by atoms with van der Waals surface area (Å²) in [6.45, 7) is 2.47. The summed E-state index contributed by atoms with van der Waals surface area (Å²) in [7, 11) is 0. The third-order valence-corrected chi connectivity index (χ3v) is 7.45. The summed E-state index contributed by atoms with van der Waals surface area (Å²) in [4.78, 5) is 35.9. The lowest BCUT2D eigenvalue weighted by atomic mass is 10.1. The molecule has 0 fully saturated rings. The Hall–Kier alpha value is -3.23. The van der Waals surface area contributed by atoms with Crippen LogP contribution < -0.4 is 11.1 Å². The highest BCUT2D eigenvalue weighted by Gasteiger charge is 2.13. The summed E-state index contributed by atoms with van der Waals surface area (Å²) in [5.41, 5.74) is 3.38. The minimum absolute atomic E-state index is 0.0338. The highest BCUT2D eigenvalue weighted by atomic mass is 32.2. The SMILES string of the molecule is Cc1csc2nc(CSc3nc4ccccc4c(=O)n3CCCc3ccccc3)cc(=O)n12. The van der Waals surface area contributed by atoms with E-state index < -0.39 is 0 Å². The number of hydrogen-bond acceptors (Lipinski definition) is 6. The quantitative estimate of drug-likeness (QED) is 0.253. The minimum atomic E-state index is -0.0823. The van der Waals surface area contributed by atoms with E-state index in [4.69, 9.17) is 4.98 Å². The molecule has 6 nitrogen and oxygen atoms in total. The molecule has 166 valence electrons. The van der Waals surface area contributed by atoms with Crippen LogP contribution in [0.15, 0.2) is 80.8 Å². The largest absolute Gasteiger partial charge is 0.287 e. The Morgan fingerprint density at radius 3 is 2.64 bits per heavy atom. The van der Waals surface area contributed by atoms with Crippen molar-refractivity contribution in [2.45, 2.75) is 37.2 Å². The van der Waals surface area contributed by atoms with Gasteiger partial charge in [-0.15, -0.1) is 11.3 Å². The average Bonchev–Trinajstić information content (AvgIpc) is 3.21. The second kappa shape index (κ2) is 9.33. The molecule has 0 spiro atoms. The maximum Gasteiger partial charge on any atom is 0.262 e. The molecule has 0 unspecified atom stereocenters. The Balaban J connectivity index is 1.44. The van der Waals surface area contributed by atoms with Gasteiger partial charge in [0.15, 0.2) is 10.1 Å². The third-order valence-electron chi connectivity index (χ3n) is 5.49. The fourth-order valence-electron chi connectivity index (χ4n) is 3.85.